The Morgan fingerprint density at radius 1 is 1.09 bits per heavy atom. The molecule has 0 N–H and O–H groups in total. The topological polar surface area (TPSA) is 9.23 Å². The highest BCUT2D eigenvalue weighted by atomic mass is 28.4. The average Bonchev–Trinajstić information content (AvgIpc) is 1.55. The van der Waals surface area contributed by atoms with Crippen molar-refractivity contribution < 1.29 is 4.12 Å². The van der Waals surface area contributed by atoms with Crippen LogP contribution in [-0.2, 0) is 4.12 Å². The Hall–Kier alpha value is 0.459. The summed E-state index contributed by atoms with van der Waals surface area (Å²) in [5.74, 6) is 0. The molecule has 0 aliphatic rings. The van der Waals surface area contributed by atoms with Gasteiger partial charge in [-0.2, -0.15) is 0 Å². The minimum Gasteiger partial charge on any atom is -0.462 e. The fraction of sp³-hybridized carbons (Fsp3) is 1.00. The zero-order chi connectivity index (χ0) is 9.12. The molecule has 0 bridgehead atoms. The van der Waals surface area contributed by atoms with Crippen LogP contribution in [0.1, 0.15) is 6.92 Å². The fourth-order valence-electron chi connectivity index (χ4n) is 1.32. The molecule has 11 heavy (non-hydrogen) atoms. The Kier molecular flexibility index (Phi) is 4.08. The van der Waals surface area contributed by atoms with Gasteiger partial charge in [0, 0.05) is 0 Å². The Labute approximate surface area is 74.0 Å². The monoisotopic (exact) mass is 187 g/mol. The number of hydrogen-bond acceptors (Lipinski definition) is 1. The van der Waals surface area contributed by atoms with Crippen LogP contribution in [0.25, 0.3) is 0 Å². The van der Waals surface area contributed by atoms with E-state index >= 15 is 0 Å². The first-order chi connectivity index (χ1) is 4.77. The minimum atomic E-state index is -1.40. The van der Waals surface area contributed by atoms with Gasteiger partial charge >= 0.3 is 0 Å². The maximum atomic E-state index is 6.09. The molecule has 0 amide bonds. The van der Waals surface area contributed by atoms with Crippen molar-refractivity contribution in [2.75, 3.05) is 0 Å². The Balaban J connectivity index is 3.91. The minimum absolute atomic E-state index is 1.14. The van der Waals surface area contributed by atoms with Crippen molar-refractivity contribution in [2.24, 2.45) is 0 Å². The standard InChI is InChI=1S/C7H20BOSi2/c1-7-8-11(5,6)9-10(2,3)4/h7H2,1-6H3. The smallest absolute Gasteiger partial charge is 0.169 e. The van der Waals surface area contributed by atoms with Gasteiger partial charge in [0.2, 0.25) is 0 Å². The normalized spacial score (nSPS) is 13.3. The van der Waals surface area contributed by atoms with E-state index in [1.54, 1.807) is 0 Å². The van der Waals surface area contributed by atoms with E-state index in [1.807, 2.05) is 0 Å². The highest BCUT2D eigenvalue weighted by molar-refractivity contribution is 7.22. The molecule has 0 aliphatic heterocycles. The first-order valence-electron chi connectivity index (χ1n) is 4.31. The molecule has 0 aromatic carbocycles. The second-order valence-corrected chi connectivity index (χ2v) is 13.1. The molecule has 0 fully saturated rings. The second-order valence-electron chi connectivity index (χ2n) is 4.43. The molecule has 0 saturated carbocycles. The van der Waals surface area contributed by atoms with E-state index in [2.05, 4.69) is 46.5 Å². The van der Waals surface area contributed by atoms with E-state index in [1.165, 1.54) is 0 Å². The van der Waals surface area contributed by atoms with Crippen LogP contribution in [0, 0.1) is 0 Å². The van der Waals surface area contributed by atoms with Gasteiger partial charge in [0.05, 0.1) is 0 Å². The summed E-state index contributed by atoms with van der Waals surface area (Å²) in [7, 11) is -2.70. The van der Waals surface area contributed by atoms with Gasteiger partial charge in [-0.3, -0.25) is 0 Å². The van der Waals surface area contributed by atoms with E-state index in [-0.39, 0.29) is 0 Å². The summed E-state index contributed by atoms with van der Waals surface area (Å²) in [6.07, 6.45) is 1.14. The Morgan fingerprint density at radius 2 is 1.55 bits per heavy atom. The summed E-state index contributed by atoms with van der Waals surface area (Å²) in [6.45, 7) is 15.9. The molecule has 0 heterocycles. The second kappa shape index (κ2) is 3.92. The molecule has 0 aromatic heterocycles. The first kappa shape index (κ1) is 11.5. The van der Waals surface area contributed by atoms with Gasteiger partial charge < -0.3 is 4.12 Å². The lowest BCUT2D eigenvalue weighted by molar-refractivity contribution is 0.572. The van der Waals surface area contributed by atoms with Gasteiger partial charge in [0.1, 0.15) is 15.1 Å². The van der Waals surface area contributed by atoms with Crippen molar-refractivity contribution in [2.45, 2.75) is 46.0 Å². The van der Waals surface area contributed by atoms with Crippen molar-refractivity contribution in [3.8, 4) is 0 Å². The van der Waals surface area contributed by atoms with E-state index in [9.17, 15) is 0 Å². The molecule has 0 spiro atoms. The lowest BCUT2D eigenvalue weighted by atomic mass is 10.1. The third-order valence-electron chi connectivity index (χ3n) is 1.26. The summed E-state index contributed by atoms with van der Waals surface area (Å²) >= 11 is 0. The lowest BCUT2D eigenvalue weighted by Crippen LogP contribution is -2.46. The maximum absolute atomic E-state index is 6.09. The summed E-state index contributed by atoms with van der Waals surface area (Å²) in [5.41, 5.74) is 0. The number of hydrogen-bond donors (Lipinski definition) is 0. The summed E-state index contributed by atoms with van der Waals surface area (Å²) < 4.78 is 6.09. The van der Waals surface area contributed by atoms with Gasteiger partial charge in [-0.1, -0.05) is 26.3 Å². The van der Waals surface area contributed by atoms with Gasteiger partial charge in [0.25, 0.3) is 0 Å². The molecule has 1 radical (unpaired) electrons. The zero-order valence-electron chi connectivity index (χ0n) is 8.69. The highest BCUT2D eigenvalue weighted by Crippen LogP contribution is 2.13. The third kappa shape index (κ3) is 6.84. The predicted octanol–water partition coefficient (Wildman–Crippen LogP) is 2.68. The van der Waals surface area contributed by atoms with Crippen molar-refractivity contribution >= 4 is 23.4 Å². The highest BCUT2D eigenvalue weighted by Gasteiger charge is 2.28. The van der Waals surface area contributed by atoms with Gasteiger partial charge in [-0.05, 0) is 19.6 Å². The predicted molar refractivity (Wildman–Crippen MR) is 58.1 cm³/mol. The van der Waals surface area contributed by atoms with Crippen molar-refractivity contribution in [3.05, 3.63) is 0 Å². The van der Waals surface area contributed by atoms with E-state index in [0.29, 0.717) is 0 Å². The van der Waals surface area contributed by atoms with Crippen LogP contribution in [0.2, 0.25) is 39.1 Å². The quantitative estimate of drug-likeness (QED) is 0.615. The largest absolute Gasteiger partial charge is 0.462 e. The van der Waals surface area contributed by atoms with Crippen molar-refractivity contribution in [3.63, 3.8) is 0 Å². The third-order valence-corrected chi connectivity index (χ3v) is 7.21. The molecule has 4 heteroatoms. The van der Waals surface area contributed by atoms with Crippen molar-refractivity contribution in [1.82, 2.24) is 0 Å². The van der Waals surface area contributed by atoms with Crippen LogP contribution < -0.4 is 0 Å². The Bertz CT molecular complexity index is 120. The maximum Gasteiger partial charge on any atom is 0.169 e. The molecule has 0 rings (SSSR count). The van der Waals surface area contributed by atoms with Crippen LogP contribution in [0.4, 0.5) is 0 Å². The molecule has 1 nitrogen and oxygen atoms in total. The van der Waals surface area contributed by atoms with Crippen LogP contribution in [-0.4, -0.2) is 23.4 Å². The van der Waals surface area contributed by atoms with Gasteiger partial charge in [-0.25, -0.2) is 0 Å². The Morgan fingerprint density at radius 3 is 1.82 bits per heavy atom. The lowest BCUT2D eigenvalue weighted by Gasteiger charge is -2.31. The molecule has 0 saturated heterocycles. The molecule has 65 valence electrons. The number of rotatable bonds is 4. The molecule has 0 unspecified atom stereocenters. The molecular weight excluding hydrogens is 167 g/mol. The van der Waals surface area contributed by atoms with Crippen LogP contribution >= 0.6 is 0 Å². The first-order valence-corrected chi connectivity index (χ1v) is 10.7. The van der Waals surface area contributed by atoms with Gasteiger partial charge in [-0.15, -0.1) is 0 Å². The van der Waals surface area contributed by atoms with E-state index in [0.717, 1.165) is 6.32 Å². The molecule has 0 atom stereocenters. The summed E-state index contributed by atoms with van der Waals surface area (Å²) in [4.78, 5) is 0. The van der Waals surface area contributed by atoms with Crippen molar-refractivity contribution in [1.29, 1.82) is 0 Å². The molecule has 0 aliphatic carbocycles. The molecular formula is C7H20BOSi2. The molecule has 0 aromatic rings. The van der Waals surface area contributed by atoms with Crippen LogP contribution in [0.5, 0.6) is 0 Å². The zero-order valence-corrected chi connectivity index (χ0v) is 10.7. The van der Waals surface area contributed by atoms with Crippen LogP contribution in [0.15, 0.2) is 0 Å². The summed E-state index contributed by atoms with van der Waals surface area (Å²) in [6, 6.07) is 0. The summed E-state index contributed by atoms with van der Waals surface area (Å²) in [5, 5.41) is 0. The fourth-order valence-corrected chi connectivity index (χ4v) is 8.95. The van der Waals surface area contributed by atoms with Crippen LogP contribution in [0.3, 0.4) is 0 Å². The van der Waals surface area contributed by atoms with Gasteiger partial charge in [0.15, 0.2) is 8.32 Å². The van der Waals surface area contributed by atoms with E-state index < -0.39 is 16.5 Å². The van der Waals surface area contributed by atoms with E-state index in [4.69, 9.17) is 4.12 Å². The SMILES string of the molecule is CC[B][Si](C)(C)O[Si](C)(C)C. The average molecular weight is 187 g/mol.